The standard InChI is InChI=1S/C5H5NO2S.Li.H/c7-9(8)5-2-1-3-6-4-5;;/h1-4H,(H,7,8);;. The van der Waals surface area contributed by atoms with E-state index < -0.39 is 11.1 Å². The molecule has 1 atom stereocenters. The molecule has 0 aliphatic carbocycles. The zero-order valence-corrected chi connectivity index (χ0v) is 5.34. The minimum atomic E-state index is -1.89. The molecule has 0 radical (unpaired) electrons. The first-order chi connectivity index (χ1) is 4.30. The molecular formula is C5H6LiNO2S. The van der Waals surface area contributed by atoms with E-state index in [0.29, 0.717) is 4.90 Å². The minimum absolute atomic E-state index is 0. The summed E-state index contributed by atoms with van der Waals surface area (Å²) in [5.74, 6) is 0. The SMILES string of the molecule is O=S(O)c1cccnc1.[LiH]. The van der Waals surface area contributed by atoms with Crippen molar-refractivity contribution < 1.29 is 8.76 Å². The van der Waals surface area contributed by atoms with E-state index in [1.165, 1.54) is 6.20 Å². The summed E-state index contributed by atoms with van der Waals surface area (Å²) < 4.78 is 18.7. The summed E-state index contributed by atoms with van der Waals surface area (Å²) in [6.07, 6.45) is 2.91. The van der Waals surface area contributed by atoms with Crippen LogP contribution in [-0.4, -0.2) is 32.6 Å². The van der Waals surface area contributed by atoms with E-state index >= 15 is 0 Å². The Hall–Kier alpha value is -0.143. The van der Waals surface area contributed by atoms with Gasteiger partial charge < -0.3 is 4.55 Å². The molecule has 50 valence electrons. The van der Waals surface area contributed by atoms with Crippen LogP contribution in [-0.2, 0) is 11.1 Å². The molecule has 0 saturated carbocycles. The van der Waals surface area contributed by atoms with E-state index in [4.69, 9.17) is 4.55 Å². The molecular weight excluding hydrogens is 145 g/mol. The van der Waals surface area contributed by atoms with E-state index in [-0.39, 0.29) is 18.9 Å². The molecule has 3 nitrogen and oxygen atoms in total. The molecule has 5 heteroatoms. The Morgan fingerprint density at radius 2 is 2.30 bits per heavy atom. The van der Waals surface area contributed by atoms with Gasteiger partial charge in [-0.15, -0.1) is 0 Å². The molecule has 0 aliphatic heterocycles. The summed E-state index contributed by atoms with van der Waals surface area (Å²) in [5, 5.41) is 0. The third-order valence-electron chi connectivity index (χ3n) is 0.836. The van der Waals surface area contributed by atoms with E-state index in [1.54, 1.807) is 18.3 Å². The second kappa shape index (κ2) is 4.64. The first-order valence-electron chi connectivity index (χ1n) is 2.31. The molecule has 0 amide bonds. The second-order valence-corrected chi connectivity index (χ2v) is 2.41. The van der Waals surface area contributed by atoms with Crippen molar-refractivity contribution in [2.24, 2.45) is 0 Å². The fraction of sp³-hybridized carbons (Fsp3) is 0. The molecule has 1 N–H and O–H groups in total. The van der Waals surface area contributed by atoms with Crippen LogP contribution in [0.25, 0.3) is 0 Å². The number of rotatable bonds is 1. The van der Waals surface area contributed by atoms with Crippen molar-refractivity contribution in [1.29, 1.82) is 0 Å². The third kappa shape index (κ3) is 2.63. The molecule has 0 saturated heterocycles. The summed E-state index contributed by atoms with van der Waals surface area (Å²) in [7, 11) is 0. The summed E-state index contributed by atoms with van der Waals surface area (Å²) in [6.45, 7) is 0. The Bertz CT molecular complexity index is 216. The van der Waals surface area contributed by atoms with Crippen molar-refractivity contribution in [3.8, 4) is 0 Å². The van der Waals surface area contributed by atoms with Gasteiger partial charge in [-0.05, 0) is 12.1 Å². The van der Waals surface area contributed by atoms with Gasteiger partial charge >= 0.3 is 18.9 Å². The fourth-order valence-corrected chi connectivity index (χ4v) is 0.796. The van der Waals surface area contributed by atoms with E-state index in [9.17, 15) is 4.21 Å². The van der Waals surface area contributed by atoms with Gasteiger partial charge in [0.05, 0.1) is 4.90 Å². The van der Waals surface area contributed by atoms with E-state index in [1.807, 2.05) is 0 Å². The number of pyridine rings is 1. The first kappa shape index (κ1) is 9.86. The zero-order chi connectivity index (χ0) is 6.69. The maximum absolute atomic E-state index is 10.3. The topological polar surface area (TPSA) is 50.2 Å². The van der Waals surface area contributed by atoms with Gasteiger partial charge in [0.1, 0.15) is 0 Å². The van der Waals surface area contributed by atoms with Crippen LogP contribution in [0.15, 0.2) is 29.4 Å². The van der Waals surface area contributed by atoms with Crippen molar-refractivity contribution in [1.82, 2.24) is 4.98 Å². The number of nitrogens with zero attached hydrogens (tertiary/aromatic N) is 1. The molecule has 0 aliphatic rings. The molecule has 1 aromatic heterocycles. The van der Waals surface area contributed by atoms with Crippen molar-refractivity contribution in [2.75, 3.05) is 0 Å². The van der Waals surface area contributed by atoms with Gasteiger partial charge in [-0.1, -0.05) is 0 Å². The number of aromatic nitrogens is 1. The number of hydrogen-bond acceptors (Lipinski definition) is 2. The normalized spacial score (nSPS) is 11.7. The zero-order valence-electron chi connectivity index (χ0n) is 4.52. The Labute approximate surface area is 73.3 Å². The Morgan fingerprint density at radius 1 is 1.60 bits per heavy atom. The van der Waals surface area contributed by atoms with Gasteiger partial charge in [0.25, 0.3) is 0 Å². The van der Waals surface area contributed by atoms with Crippen molar-refractivity contribution in [3.05, 3.63) is 24.5 Å². The van der Waals surface area contributed by atoms with E-state index in [2.05, 4.69) is 4.98 Å². The Balaban J connectivity index is 0.000000810. The van der Waals surface area contributed by atoms with Crippen molar-refractivity contribution >= 4 is 29.9 Å². The quantitative estimate of drug-likeness (QED) is 0.454. The second-order valence-electron chi connectivity index (χ2n) is 1.44. The van der Waals surface area contributed by atoms with Crippen LogP contribution in [0.4, 0.5) is 0 Å². The average molecular weight is 151 g/mol. The molecule has 1 aromatic rings. The molecule has 1 heterocycles. The van der Waals surface area contributed by atoms with Crippen LogP contribution in [0, 0.1) is 0 Å². The van der Waals surface area contributed by atoms with Gasteiger partial charge in [0.2, 0.25) is 0 Å². The van der Waals surface area contributed by atoms with Crippen LogP contribution < -0.4 is 0 Å². The van der Waals surface area contributed by atoms with Gasteiger partial charge in [0.15, 0.2) is 11.1 Å². The van der Waals surface area contributed by atoms with E-state index in [0.717, 1.165) is 0 Å². The Morgan fingerprint density at radius 3 is 2.60 bits per heavy atom. The number of hydrogen-bond donors (Lipinski definition) is 1. The maximum atomic E-state index is 10.3. The summed E-state index contributed by atoms with van der Waals surface area (Å²) in [6, 6.07) is 3.16. The fourth-order valence-electron chi connectivity index (χ4n) is 0.450. The predicted octanol–water partition coefficient (Wildman–Crippen LogP) is 0.0137. The summed E-state index contributed by atoms with van der Waals surface area (Å²) in [5.41, 5.74) is 0. The molecule has 0 aromatic carbocycles. The average Bonchev–Trinajstić information content (AvgIpc) is 1.90. The molecule has 0 fully saturated rings. The molecule has 1 unspecified atom stereocenters. The summed E-state index contributed by atoms with van der Waals surface area (Å²) in [4.78, 5) is 3.98. The van der Waals surface area contributed by atoms with Crippen LogP contribution in [0.3, 0.4) is 0 Å². The van der Waals surface area contributed by atoms with Crippen molar-refractivity contribution in [3.63, 3.8) is 0 Å². The third-order valence-corrected chi connectivity index (χ3v) is 1.48. The Kier molecular flexibility index (Phi) is 4.57. The van der Waals surface area contributed by atoms with Crippen LogP contribution in [0.5, 0.6) is 0 Å². The molecule has 0 bridgehead atoms. The van der Waals surface area contributed by atoms with Gasteiger partial charge in [-0.3, -0.25) is 4.98 Å². The van der Waals surface area contributed by atoms with Crippen LogP contribution in [0.2, 0.25) is 0 Å². The van der Waals surface area contributed by atoms with Crippen LogP contribution >= 0.6 is 0 Å². The molecule has 10 heavy (non-hydrogen) atoms. The molecule has 0 spiro atoms. The first-order valence-corrected chi connectivity index (χ1v) is 3.42. The van der Waals surface area contributed by atoms with Crippen molar-refractivity contribution in [2.45, 2.75) is 4.90 Å². The van der Waals surface area contributed by atoms with Gasteiger partial charge in [0, 0.05) is 12.4 Å². The van der Waals surface area contributed by atoms with Gasteiger partial charge in [-0.2, -0.15) is 0 Å². The van der Waals surface area contributed by atoms with Crippen LogP contribution in [0.1, 0.15) is 0 Å². The van der Waals surface area contributed by atoms with Gasteiger partial charge in [-0.25, -0.2) is 4.21 Å². The molecule has 1 rings (SSSR count). The monoisotopic (exact) mass is 151 g/mol. The predicted molar refractivity (Wildman–Crippen MR) is 40.4 cm³/mol. The summed E-state index contributed by atoms with van der Waals surface area (Å²) >= 11 is -1.89.